The minimum atomic E-state index is 0.301. The van der Waals surface area contributed by atoms with Gasteiger partial charge in [0.15, 0.2) is 5.96 Å². The van der Waals surface area contributed by atoms with Crippen molar-refractivity contribution in [3.8, 4) is 0 Å². The quantitative estimate of drug-likeness (QED) is 0.766. The fourth-order valence-corrected chi connectivity index (χ4v) is 1.85. The van der Waals surface area contributed by atoms with Gasteiger partial charge in [-0.25, -0.2) is 0 Å². The molecule has 3 heteroatoms. The van der Waals surface area contributed by atoms with Gasteiger partial charge in [0.05, 0.1) is 12.6 Å². The van der Waals surface area contributed by atoms with Crippen LogP contribution < -0.4 is 10.6 Å². The number of nitrogens with zero attached hydrogens (tertiary/aromatic N) is 1. The predicted octanol–water partition coefficient (Wildman–Crippen LogP) is 1.60. The summed E-state index contributed by atoms with van der Waals surface area (Å²) in [5, 5.41) is 6.59. The zero-order valence-electron chi connectivity index (χ0n) is 9.25. The van der Waals surface area contributed by atoms with Crippen LogP contribution in [0.3, 0.4) is 0 Å². The van der Waals surface area contributed by atoms with Crippen LogP contribution in [0.2, 0.25) is 0 Å². The molecule has 0 radical (unpaired) electrons. The maximum absolute atomic E-state index is 4.33. The third-order valence-electron chi connectivity index (χ3n) is 2.68. The van der Waals surface area contributed by atoms with E-state index in [1.165, 1.54) is 11.1 Å². The Hall–Kier alpha value is -1.51. The van der Waals surface area contributed by atoms with Crippen molar-refractivity contribution >= 4 is 5.96 Å². The molecule has 0 fully saturated rings. The normalized spacial score (nSPS) is 16.8. The maximum atomic E-state index is 4.33. The second kappa shape index (κ2) is 4.34. The first-order valence-electron chi connectivity index (χ1n) is 5.38. The fourth-order valence-electron chi connectivity index (χ4n) is 1.85. The molecule has 0 spiro atoms. The Kier molecular flexibility index (Phi) is 2.90. The molecule has 0 saturated heterocycles. The molecule has 1 heterocycles. The van der Waals surface area contributed by atoms with Crippen molar-refractivity contribution in [3.63, 3.8) is 0 Å². The third-order valence-corrected chi connectivity index (χ3v) is 2.68. The summed E-state index contributed by atoms with van der Waals surface area (Å²) in [5.74, 6) is 0.922. The average Bonchev–Trinajstić information content (AvgIpc) is 2.71. The van der Waals surface area contributed by atoms with Crippen LogP contribution in [0.5, 0.6) is 0 Å². The molecule has 1 aliphatic heterocycles. The number of aliphatic imine (C=N–C) groups is 1. The van der Waals surface area contributed by atoms with E-state index in [0.717, 1.165) is 19.0 Å². The summed E-state index contributed by atoms with van der Waals surface area (Å²) in [4.78, 5) is 4.33. The molecule has 15 heavy (non-hydrogen) atoms. The largest absolute Gasteiger partial charge is 0.355 e. The standard InChI is InChI=1S/C12H17N3/c1-9-5-3-4-6-11(9)10(2)15-12-13-7-8-14-12/h3-6,10H,7-8H2,1-2H3,(H2,13,14,15)/t10-/m0/s1. The second-order valence-corrected chi connectivity index (χ2v) is 3.88. The van der Waals surface area contributed by atoms with Crippen LogP contribution in [-0.2, 0) is 0 Å². The molecule has 1 aromatic carbocycles. The Balaban J connectivity index is 2.07. The van der Waals surface area contributed by atoms with Crippen molar-refractivity contribution in [3.05, 3.63) is 35.4 Å². The van der Waals surface area contributed by atoms with Gasteiger partial charge >= 0.3 is 0 Å². The van der Waals surface area contributed by atoms with Gasteiger partial charge in [-0.1, -0.05) is 24.3 Å². The summed E-state index contributed by atoms with van der Waals surface area (Å²) < 4.78 is 0. The molecular weight excluding hydrogens is 186 g/mol. The third kappa shape index (κ3) is 2.29. The van der Waals surface area contributed by atoms with E-state index in [-0.39, 0.29) is 0 Å². The first-order chi connectivity index (χ1) is 7.27. The highest BCUT2D eigenvalue weighted by atomic mass is 15.2. The highest BCUT2D eigenvalue weighted by Crippen LogP contribution is 2.16. The van der Waals surface area contributed by atoms with Gasteiger partial charge in [-0.05, 0) is 25.0 Å². The molecule has 0 unspecified atom stereocenters. The summed E-state index contributed by atoms with van der Waals surface area (Å²) in [6.45, 7) is 6.12. The molecule has 3 nitrogen and oxygen atoms in total. The number of hydrogen-bond acceptors (Lipinski definition) is 3. The SMILES string of the molecule is Cc1ccccc1[C@H](C)NC1=NCCN1. The van der Waals surface area contributed by atoms with E-state index < -0.39 is 0 Å². The van der Waals surface area contributed by atoms with Crippen LogP contribution in [0, 0.1) is 6.92 Å². The zero-order valence-corrected chi connectivity index (χ0v) is 9.25. The molecule has 1 atom stereocenters. The highest BCUT2D eigenvalue weighted by molar-refractivity contribution is 5.81. The van der Waals surface area contributed by atoms with Crippen LogP contribution >= 0.6 is 0 Å². The van der Waals surface area contributed by atoms with Gasteiger partial charge < -0.3 is 10.6 Å². The van der Waals surface area contributed by atoms with Gasteiger partial charge in [0.1, 0.15) is 0 Å². The smallest absolute Gasteiger partial charge is 0.191 e. The summed E-state index contributed by atoms with van der Waals surface area (Å²) in [6, 6.07) is 8.73. The Bertz CT molecular complexity index is 371. The predicted molar refractivity (Wildman–Crippen MR) is 63.0 cm³/mol. The van der Waals surface area contributed by atoms with Crippen LogP contribution in [0.15, 0.2) is 29.3 Å². The molecule has 2 rings (SSSR count). The lowest BCUT2D eigenvalue weighted by Gasteiger charge is -2.17. The number of rotatable bonds is 2. The average molecular weight is 203 g/mol. The summed E-state index contributed by atoms with van der Waals surface area (Å²) >= 11 is 0. The molecule has 0 saturated carbocycles. The minimum Gasteiger partial charge on any atom is -0.355 e. The summed E-state index contributed by atoms with van der Waals surface area (Å²) in [7, 11) is 0. The molecule has 0 aromatic heterocycles. The van der Waals surface area contributed by atoms with Crippen LogP contribution in [-0.4, -0.2) is 19.0 Å². The number of guanidine groups is 1. The highest BCUT2D eigenvalue weighted by Gasteiger charge is 2.11. The lowest BCUT2D eigenvalue weighted by molar-refractivity contribution is 0.697. The molecule has 2 N–H and O–H groups in total. The van der Waals surface area contributed by atoms with Gasteiger partial charge in [-0.2, -0.15) is 0 Å². The van der Waals surface area contributed by atoms with Gasteiger partial charge in [0.2, 0.25) is 0 Å². The van der Waals surface area contributed by atoms with Crippen molar-refractivity contribution < 1.29 is 0 Å². The van der Waals surface area contributed by atoms with Crippen molar-refractivity contribution in [2.24, 2.45) is 4.99 Å². The molecule has 80 valence electrons. The number of benzene rings is 1. The topological polar surface area (TPSA) is 36.4 Å². The van der Waals surface area contributed by atoms with E-state index >= 15 is 0 Å². The number of aryl methyl sites for hydroxylation is 1. The van der Waals surface area contributed by atoms with E-state index in [2.05, 4.69) is 53.7 Å². The molecular formula is C12H17N3. The summed E-state index contributed by atoms with van der Waals surface area (Å²) in [5.41, 5.74) is 2.64. The van der Waals surface area contributed by atoms with Gasteiger partial charge in [-0.3, -0.25) is 4.99 Å². The van der Waals surface area contributed by atoms with Gasteiger partial charge in [0, 0.05) is 6.54 Å². The van der Waals surface area contributed by atoms with Crippen molar-refractivity contribution in [2.45, 2.75) is 19.9 Å². The van der Waals surface area contributed by atoms with Crippen LogP contribution in [0.1, 0.15) is 24.1 Å². The first-order valence-corrected chi connectivity index (χ1v) is 5.38. The molecule has 0 bridgehead atoms. The molecule has 1 aliphatic rings. The second-order valence-electron chi connectivity index (χ2n) is 3.88. The van der Waals surface area contributed by atoms with Gasteiger partial charge in [0.25, 0.3) is 0 Å². The monoisotopic (exact) mass is 203 g/mol. The Labute approximate surface area is 90.6 Å². The Morgan fingerprint density at radius 3 is 2.87 bits per heavy atom. The van der Waals surface area contributed by atoms with Crippen LogP contribution in [0.4, 0.5) is 0 Å². The zero-order chi connectivity index (χ0) is 10.7. The van der Waals surface area contributed by atoms with E-state index in [0.29, 0.717) is 6.04 Å². The molecule has 0 amide bonds. The Morgan fingerprint density at radius 2 is 2.20 bits per heavy atom. The van der Waals surface area contributed by atoms with Crippen molar-refractivity contribution in [2.75, 3.05) is 13.1 Å². The van der Waals surface area contributed by atoms with E-state index in [1.54, 1.807) is 0 Å². The van der Waals surface area contributed by atoms with Crippen molar-refractivity contribution in [1.82, 2.24) is 10.6 Å². The van der Waals surface area contributed by atoms with Crippen LogP contribution in [0.25, 0.3) is 0 Å². The maximum Gasteiger partial charge on any atom is 0.191 e. The first kappa shape index (κ1) is 10.0. The van der Waals surface area contributed by atoms with E-state index in [4.69, 9.17) is 0 Å². The van der Waals surface area contributed by atoms with E-state index in [9.17, 15) is 0 Å². The lowest BCUT2D eigenvalue weighted by Crippen LogP contribution is -2.35. The fraction of sp³-hybridized carbons (Fsp3) is 0.417. The van der Waals surface area contributed by atoms with Gasteiger partial charge in [-0.15, -0.1) is 0 Å². The number of hydrogen-bond donors (Lipinski definition) is 2. The van der Waals surface area contributed by atoms with Crippen molar-refractivity contribution in [1.29, 1.82) is 0 Å². The minimum absolute atomic E-state index is 0.301. The molecule has 1 aromatic rings. The Morgan fingerprint density at radius 1 is 1.40 bits per heavy atom. The lowest BCUT2D eigenvalue weighted by atomic mass is 10.0. The van der Waals surface area contributed by atoms with E-state index in [1.807, 2.05) is 0 Å². The number of nitrogens with one attached hydrogen (secondary N) is 2. The molecule has 0 aliphatic carbocycles. The summed E-state index contributed by atoms with van der Waals surface area (Å²) in [6.07, 6.45) is 0.